The van der Waals surface area contributed by atoms with Crippen molar-refractivity contribution < 1.29 is 9.59 Å². The third-order valence-electron chi connectivity index (χ3n) is 4.92. The summed E-state index contributed by atoms with van der Waals surface area (Å²) < 4.78 is 0. The molecule has 0 aliphatic carbocycles. The fourth-order valence-electron chi connectivity index (χ4n) is 3.35. The minimum atomic E-state index is -0.289. The van der Waals surface area contributed by atoms with Gasteiger partial charge in [-0.3, -0.25) is 0 Å². The van der Waals surface area contributed by atoms with Crippen LogP contribution in [-0.2, 0) is 9.59 Å². The van der Waals surface area contributed by atoms with E-state index in [-0.39, 0.29) is 5.92 Å². The number of aliphatic imine (C=N–C) groups is 2. The summed E-state index contributed by atoms with van der Waals surface area (Å²) in [6.07, 6.45) is 3.15. The van der Waals surface area contributed by atoms with Crippen molar-refractivity contribution >= 4 is 34.9 Å². The molecule has 29 heavy (non-hydrogen) atoms. The number of nitrogens with zero attached hydrogens (tertiary/aromatic N) is 2. The highest BCUT2D eigenvalue weighted by atomic mass is 16.1. The van der Waals surface area contributed by atoms with Crippen LogP contribution in [0.4, 0.5) is 22.7 Å². The summed E-state index contributed by atoms with van der Waals surface area (Å²) in [7, 11) is 0. The van der Waals surface area contributed by atoms with Crippen molar-refractivity contribution in [3.8, 4) is 0 Å². The lowest BCUT2D eigenvalue weighted by molar-refractivity contribution is 0.564. The van der Waals surface area contributed by atoms with Gasteiger partial charge in [-0.25, -0.2) is 9.59 Å². The molecule has 0 saturated heterocycles. The summed E-state index contributed by atoms with van der Waals surface area (Å²) >= 11 is 0. The van der Waals surface area contributed by atoms with Crippen LogP contribution in [0.1, 0.15) is 33.7 Å². The van der Waals surface area contributed by atoms with Crippen LogP contribution < -0.4 is 11.5 Å². The maximum Gasteiger partial charge on any atom is 0.240 e. The zero-order valence-electron chi connectivity index (χ0n) is 16.1. The summed E-state index contributed by atoms with van der Waals surface area (Å²) in [6.45, 7) is 3.86. The highest BCUT2D eigenvalue weighted by molar-refractivity contribution is 5.66. The molecule has 0 unspecified atom stereocenters. The van der Waals surface area contributed by atoms with Gasteiger partial charge in [-0.1, -0.05) is 24.3 Å². The SMILES string of the molecule is Cc1cc(C(c2ccc(N)c(C)c2)c2cc(N=C=O)ccc2N=C=O)ccc1N. The number of nitrogen functional groups attached to an aromatic ring is 2. The fraction of sp³-hybridized carbons (Fsp3) is 0.130. The number of nitrogens with two attached hydrogens (primary N) is 2. The van der Waals surface area contributed by atoms with E-state index in [1.165, 1.54) is 0 Å². The lowest BCUT2D eigenvalue weighted by atomic mass is 9.82. The van der Waals surface area contributed by atoms with Gasteiger partial charge in [0.2, 0.25) is 12.2 Å². The molecule has 0 aliphatic heterocycles. The van der Waals surface area contributed by atoms with Crippen LogP contribution in [0.15, 0.2) is 64.6 Å². The Morgan fingerprint density at radius 1 is 0.759 bits per heavy atom. The first-order chi connectivity index (χ1) is 13.9. The van der Waals surface area contributed by atoms with E-state index in [1.54, 1.807) is 30.4 Å². The summed E-state index contributed by atoms with van der Waals surface area (Å²) in [4.78, 5) is 29.4. The Morgan fingerprint density at radius 2 is 1.31 bits per heavy atom. The molecule has 0 spiro atoms. The lowest BCUT2D eigenvalue weighted by Crippen LogP contribution is -2.06. The minimum absolute atomic E-state index is 0.289. The molecule has 3 rings (SSSR count). The van der Waals surface area contributed by atoms with Crippen molar-refractivity contribution in [2.24, 2.45) is 9.98 Å². The Morgan fingerprint density at radius 3 is 1.79 bits per heavy atom. The van der Waals surface area contributed by atoms with E-state index in [2.05, 4.69) is 9.98 Å². The molecule has 6 nitrogen and oxygen atoms in total. The van der Waals surface area contributed by atoms with Crippen molar-refractivity contribution in [1.82, 2.24) is 0 Å². The third kappa shape index (κ3) is 4.14. The Bertz CT molecular complexity index is 1120. The van der Waals surface area contributed by atoms with Gasteiger partial charge in [-0.05, 0) is 72.0 Å². The molecule has 0 aliphatic rings. The molecule has 6 heteroatoms. The number of carbonyl (C=O) groups excluding carboxylic acids is 2. The number of aryl methyl sites for hydroxylation is 2. The molecular weight excluding hydrogens is 364 g/mol. The first-order valence-corrected chi connectivity index (χ1v) is 8.96. The Kier molecular flexibility index (Phi) is 5.70. The van der Waals surface area contributed by atoms with Crippen molar-refractivity contribution in [2.45, 2.75) is 19.8 Å². The second kappa shape index (κ2) is 8.36. The summed E-state index contributed by atoms with van der Waals surface area (Å²) in [5.41, 5.74) is 18.7. The zero-order valence-corrected chi connectivity index (χ0v) is 16.1. The molecule has 0 bridgehead atoms. The van der Waals surface area contributed by atoms with Crippen LogP contribution in [0.25, 0.3) is 0 Å². The predicted molar refractivity (Wildman–Crippen MR) is 114 cm³/mol. The first-order valence-electron chi connectivity index (χ1n) is 8.96. The van der Waals surface area contributed by atoms with Gasteiger partial charge in [0.1, 0.15) is 0 Å². The largest absolute Gasteiger partial charge is 0.399 e. The number of rotatable bonds is 5. The minimum Gasteiger partial charge on any atom is -0.399 e. The number of anilines is 2. The topological polar surface area (TPSA) is 111 Å². The van der Waals surface area contributed by atoms with Crippen LogP contribution in [-0.4, -0.2) is 12.2 Å². The summed E-state index contributed by atoms with van der Waals surface area (Å²) in [5, 5.41) is 0. The van der Waals surface area contributed by atoms with Gasteiger partial charge in [-0.15, -0.1) is 0 Å². The lowest BCUT2D eigenvalue weighted by Gasteiger charge is -2.22. The molecule has 0 saturated carbocycles. The summed E-state index contributed by atoms with van der Waals surface area (Å²) in [6, 6.07) is 16.5. The van der Waals surface area contributed by atoms with Crippen LogP contribution >= 0.6 is 0 Å². The van der Waals surface area contributed by atoms with Gasteiger partial charge in [-0.2, -0.15) is 9.98 Å². The van der Waals surface area contributed by atoms with Gasteiger partial charge in [0, 0.05) is 17.3 Å². The van der Waals surface area contributed by atoms with E-state index in [0.29, 0.717) is 28.3 Å². The van der Waals surface area contributed by atoms with Crippen molar-refractivity contribution in [3.05, 3.63) is 82.4 Å². The number of hydrogen-bond donors (Lipinski definition) is 2. The number of hydrogen-bond acceptors (Lipinski definition) is 6. The van der Waals surface area contributed by atoms with Gasteiger partial charge in [0.15, 0.2) is 0 Å². The molecule has 0 aromatic heterocycles. The number of isocyanates is 2. The first kappa shape index (κ1) is 19.8. The molecule has 0 fully saturated rings. The molecule has 3 aromatic rings. The Balaban J connectivity index is 2.34. The fourth-order valence-corrected chi connectivity index (χ4v) is 3.35. The van der Waals surface area contributed by atoms with E-state index >= 15 is 0 Å². The molecule has 0 atom stereocenters. The molecule has 4 N–H and O–H groups in total. The third-order valence-corrected chi connectivity index (χ3v) is 4.92. The Hall–Kier alpha value is -3.98. The van der Waals surface area contributed by atoms with E-state index in [0.717, 1.165) is 22.3 Å². The van der Waals surface area contributed by atoms with Gasteiger partial charge in [0.25, 0.3) is 0 Å². The van der Waals surface area contributed by atoms with E-state index < -0.39 is 0 Å². The monoisotopic (exact) mass is 384 g/mol. The van der Waals surface area contributed by atoms with Crippen LogP contribution in [0, 0.1) is 13.8 Å². The smallest absolute Gasteiger partial charge is 0.240 e. The average Bonchev–Trinajstić information content (AvgIpc) is 2.70. The maximum atomic E-state index is 11.0. The normalized spacial score (nSPS) is 10.3. The van der Waals surface area contributed by atoms with Crippen LogP contribution in [0.3, 0.4) is 0 Å². The average molecular weight is 384 g/mol. The van der Waals surface area contributed by atoms with Gasteiger partial charge < -0.3 is 11.5 Å². The van der Waals surface area contributed by atoms with Crippen molar-refractivity contribution in [3.63, 3.8) is 0 Å². The quantitative estimate of drug-likeness (QED) is 0.290. The highest BCUT2D eigenvalue weighted by Crippen LogP contribution is 2.40. The predicted octanol–water partition coefficient (Wildman–Crippen LogP) is 4.58. The molecule has 0 radical (unpaired) electrons. The van der Waals surface area contributed by atoms with Crippen molar-refractivity contribution in [1.29, 1.82) is 0 Å². The standard InChI is InChI=1S/C23H20N4O2/c1-14-9-16(3-6-20(14)24)23(17-4-7-21(25)15(2)10-17)19-11-18(26-12-28)5-8-22(19)27-13-29/h3-11,23H,24-25H2,1-2H3. The Labute approximate surface area is 168 Å². The van der Waals surface area contributed by atoms with Crippen LogP contribution in [0.2, 0.25) is 0 Å². The van der Waals surface area contributed by atoms with E-state index in [9.17, 15) is 9.59 Å². The second-order valence-corrected chi connectivity index (χ2v) is 6.81. The van der Waals surface area contributed by atoms with Crippen LogP contribution in [0.5, 0.6) is 0 Å². The van der Waals surface area contributed by atoms with E-state index in [1.807, 2.05) is 50.2 Å². The highest BCUT2D eigenvalue weighted by Gasteiger charge is 2.22. The molecule has 144 valence electrons. The van der Waals surface area contributed by atoms with E-state index in [4.69, 9.17) is 11.5 Å². The van der Waals surface area contributed by atoms with Crippen molar-refractivity contribution in [2.75, 3.05) is 11.5 Å². The van der Waals surface area contributed by atoms with Gasteiger partial charge in [0.05, 0.1) is 11.4 Å². The molecule has 0 heterocycles. The zero-order chi connectivity index (χ0) is 21.0. The molecule has 0 amide bonds. The number of benzene rings is 3. The summed E-state index contributed by atoms with van der Waals surface area (Å²) in [5.74, 6) is -0.289. The second-order valence-electron chi connectivity index (χ2n) is 6.81. The maximum absolute atomic E-state index is 11.0. The molecular formula is C23H20N4O2. The molecule has 3 aromatic carbocycles. The van der Waals surface area contributed by atoms with Gasteiger partial charge >= 0.3 is 0 Å².